The Morgan fingerprint density at radius 1 is 1.17 bits per heavy atom. The van der Waals surface area contributed by atoms with Crippen LogP contribution in [-0.4, -0.2) is 34.2 Å². The molecule has 5 heteroatoms. The number of nitrogens with one attached hydrogen (secondary N) is 1. The fraction of sp³-hybridized carbons (Fsp3) is 0.360. The van der Waals surface area contributed by atoms with Crippen LogP contribution < -0.4 is 5.32 Å². The Labute approximate surface area is 178 Å². The summed E-state index contributed by atoms with van der Waals surface area (Å²) in [6.45, 7) is 4.44. The van der Waals surface area contributed by atoms with Crippen LogP contribution in [0.4, 0.5) is 5.69 Å². The average molecular weight is 401 g/mol. The van der Waals surface area contributed by atoms with Crippen LogP contribution >= 0.6 is 0 Å². The van der Waals surface area contributed by atoms with E-state index in [2.05, 4.69) is 46.5 Å². The van der Waals surface area contributed by atoms with Crippen LogP contribution in [0.3, 0.4) is 0 Å². The molecule has 1 saturated heterocycles. The summed E-state index contributed by atoms with van der Waals surface area (Å²) in [6.07, 6.45) is 7.00. The second-order valence-electron chi connectivity index (χ2n) is 7.70. The summed E-state index contributed by atoms with van der Waals surface area (Å²) >= 11 is 0. The average Bonchev–Trinajstić information content (AvgIpc) is 3.26. The second-order valence-corrected chi connectivity index (χ2v) is 7.70. The van der Waals surface area contributed by atoms with Crippen molar-refractivity contribution in [2.75, 3.05) is 18.5 Å². The van der Waals surface area contributed by atoms with Gasteiger partial charge in [0.15, 0.2) is 0 Å². The van der Waals surface area contributed by atoms with Crippen LogP contribution in [0.2, 0.25) is 0 Å². The maximum atomic E-state index is 5.81. The Balaban J connectivity index is 1.34. The highest BCUT2D eigenvalue weighted by Gasteiger charge is 2.14. The molecule has 30 heavy (non-hydrogen) atoms. The maximum Gasteiger partial charge on any atom is 0.113 e. The van der Waals surface area contributed by atoms with Crippen LogP contribution in [-0.2, 0) is 11.3 Å². The largest absolute Gasteiger partial charge is 0.378 e. The topological polar surface area (TPSA) is 52.0 Å². The minimum Gasteiger partial charge on any atom is -0.378 e. The predicted octanol–water partition coefficient (Wildman–Crippen LogP) is 4.68. The SMILES string of the molecule is Cc1cc(C#CCNc2ccccc2)ccc1-c1cn(CC[C@H]2CCCCO2)nn1. The van der Waals surface area contributed by atoms with Gasteiger partial charge >= 0.3 is 0 Å². The molecule has 0 amide bonds. The molecule has 1 aromatic heterocycles. The van der Waals surface area contributed by atoms with Gasteiger partial charge in [-0.3, -0.25) is 4.68 Å². The lowest BCUT2D eigenvalue weighted by Gasteiger charge is -2.22. The summed E-state index contributed by atoms with van der Waals surface area (Å²) in [5, 5.41) is 12.0. The van der Waals surface area contributed by atoms with E-state index >= 15 is 0 Å². The lowest BCUT2D eigenvalue weighted by molar-refractivity contribution is 0.00820. The third-order valence-electron chi connectivity index (χ3n) is 5.38. The van der Waals surface area contributed by atoms with Gasteiger partial charge in [0.1, 0.15) is 5.69 Å². The molecule has 3 aromatic rings. The Kier molecular flexibility index (Phi) is 6.79. The van der Waals surface area contributed by atoms with Crippen molar-refractivity contribution in [3.63, 3.8) is 0 Å². The highest BCUT2D eigenvalue weighted by Crippen LogP contribution is 2.22. The van der Waals surface area contributed by atoms with Crippen LogP contribution in [0.5, 0.6) is 0 Å². The number of benzene rings is 2. The van der Waals surface area contributed by atoms with E-state index in [0.29, 0.717) is 12.6 Å². The molecule has 0 saturated carbocycles. The minimum atomic E-state index is 0.363. The van der Waals surface area contributed by atoms with Crippen molar-refractivity contribution < 1.29 is 4.74 Å². The van der Waals surface area contributed by atoms with E-state index < -0.39 is 0 Å². The van der Waals surface area contributed by atoms with Crippen molar-refractivity contribution in [2.45, 2.75) is 45.3 Å². The Morgan fingerprint density at radius 3 is 2.87 bits per heavy atom. The summed E-state index contributed by atoms with van der Waals surface area (Å²) in [4.78, 5) is 0. The third kappa shape index (κ3) is 5.49. The van der Waals surface area contributed by atoms with Gasteiger partial charge in [-0.05, 0) is 62.4 Å². The zero-order chi connectivity index (χ0) is 20.6. The molecule has 1 atom stereocenters. The first kappa shape index (κ1) is 20.2. The van der Waals surface area contributed by atoms with Gasteiger partial charge in [-0.25, -0.2) is 0 Å². The molecular formula is C25H28N4O. The molecule has 5 nitrogen and oxygen atoms in total. The van der Waals surface area contributed by atoms with Crippen molar-refractivity contribution in [3.8, 4) is 23.1 Å². The van der Waals surface area contributed by atoms with Crippen molar-refractivity contribution in [1.29, 1.82) is 0 Å². The predicted molar refractivity (Wildman–Crippen MR) is 120 cm³/mol. The molecule has 2 aromatic carbocycles. The molecule has 0 spiro atoms. The van der Waals surface area contributed by atoms with E-state index in [-0.39, 0.29) is 0 Å². The number of anilines is 1. The van der Waals surface area contributed by atoms with E-state index in [1.807, 2.05) is 47.3 Å². The lowest BCUT2D eigenvalue weighted by Crippen LogP contribution is -2.20. The van der Waals surface area contributed by atoms with Crippen LogP contribution in [0.15, 0.2) is 54.7 Å². The van der Waals surface area contributed by atoms with Crippen LogP contribution in [0.25, 0.3) is 11.3 Å². The number of nitrogens with zero attached hydrogens (tertiary/aromatic N) is 3. The fourth-order valence-corrected chi connectivity index (χ4v) is 3.72. The first-order chi connectivity index (χ1) is 14.8. The van der Waals surface area contributed by atoms with Crippen molar-refractivity contribution in [3.05, 3.63) is 65.9 Å². The smallest absolute Gasteiger partial charge is 0.113 e. The Bertz CT molecular complexity index is 1010. The molecule has 1 aliphatic rings. The van der Waals surface area contributed by atoms with Gasteiger partial charge in [0.2, 0.25) is 0 Å². The summed E-state index contributed by atoms with van der Waals surface area (Å²) < 4.78 is 7.74. The summed E-state index contributed by atoms with van der Waals surface area (Å²) in [6, 6.07) is 16.3. The maximum absolute atomic E-state index is 5.81. The van der Waals surface area contributed by atoms with Gasteiger partial charge in [0, 0.05) is 30.0 Å². The first-order valence-corrected chi connectivity index (χ1v) is 10.7. The van der Waals surface area contributed by atoms with Gasteiger partial charge in [0.25, 0.3) is 0 Å². The molecule has 0 bridgehead atoms. The van der Waals surface area contributed by atoms with Gasteiger partial charge in [-0.15, -0.1) is 5.10 Å². The number of rotatable bonds is 6. The van der Waals surface area contributed by atoms with E-state index in [9.17, 15) is 0 Å². The van der Waals surface area contributed by atoms with Crippen LogP contribution in [0, 0.1) is 18.8 Å². The number of para-hydroxylation sites is 1. The van der Waals surface area contributed by atoms with Crippen molar-refractivity contribution >= 4 is 5.69 Å². The standard InChI is InChI=1S/C25H28N4O/c1-20-18-21(8-7-15-26-22-9-3-2-4-10-22)12-13-24(20)25-19-29(28-27-25)16-14-23-11-5-6-17-30-23/h2-4,9-10,12-13,18-19,23,26H,5-6,11,14-17H2,1H3/t23-/m1/s1. The molecular weight excluding hydrogens is 372 g/mol. The van der Waals surface area contributed by atoms with Gasteiger partial charge in [0.05, 0.1) is 18.8 Å². The van der Waals surface area contributed by atoms with E-state index in [4.69, 9.17) is 4.74 Å². The van der Waals surface area contributed by atoms with E-state index in [1.165, 1.54) is 12.8 Å². The number of aromatic nitrogens is 3. The molecule has 1 fully saturated rings. The van der Waals surface area contributed by atoms with Crippen molar-refractivity contribution in [2.24, 2.45) is 0 Å². The van der Waals surface area contributed by atoms with E-state index in [0.717, 1.165) is 54.1 Å². The quantitative estimate of drug-likeness (QED) is 0.611. The minimum absolute atomic E-state index is 0.363. The molecule has 1 N–H and O–H groups in total. The zero-order valence-corrected chi connectivity index (χ0v) is 17.5. The van der Waals surface area contributed by atoms with Crippen LogP contribution in [0.1, 0.15) is 36.8 Å². The molecule has 154 valence electrons. The van der Waals surface area contributed by atoms with Gasteiger partial charge in [-0.2, -0.15) is 0 Å². The molecule has 2 heterocycles. The second kappa shape index (κ2) is 10.1. The van der Waals surface area contributed by atoms with Crippen molar-refractivity contribution in [1.82, 2.24) is 15.0 Å². The van der Waals surface area contributed by atoms with Gasteiger partial charge < -0.3 is 10.1 Å². The highest BCUT2D eigenvalue weighted by atomic mass is 16.5. The first-order valence-electron chi connectivity index (χ1n) is 10.7. The molecule has 0 unspecified atom stereocenters. The van der Waals surface area contributed by atoms with Gasteiger partial charge in [-0.1, -0.05) is 41.3 Å². The molecule has 0 radical (unpaired) electrons. The number of hydrogen-bond donors (Lipinski definition) is 1. The molecule has 0 aliphatic carbocycles. The molecule has 4 rings (SSSR count). The zero-order valence-electron chi connectivity index (χ0n) is 17.5. The highest BCUT2D eigenvalue weighted by molar-refractivity contribution is 5.64. The van der Waals surface area contributed by atoms with E-state index in [1.54, 1.807) is 0 Å². The summed E-state index contributed by atoms with van der Waals surface area (Å²) in [7, 11) is 0. The molecule has 1 aliphatic heterocycles. The number of ether oxygens (including phenoxy) is 1. The summed E-state index contributed by atoms with van der Waals surface area (Å²) in [5.74, 6) is 6.41. The Hall–Kier alpha value is -3.10. The number of hydrogen-bond acceptors (Lipinski definition) is 4. The fourth-order valence-electron chi connectivity index (χ4n) is 3.72. The Morgan fingerprint density at radius 2 is 2.07 bits per heavy atom. The normalized spacial score (nSPS) is 16.0. The monoisotopic (exact) mass is 400 g/mol. The number of aryl methyl sites for hydroxylation is 2. The third-order valence-corrected chi connectivity index (χ3v) is 5.38. The lowest BCUT2D eigenvalue weighted by atomic mass is 10.0. The summed E-state index contributed by atoms with van der Waals surface area (Å²) in [5.41, 5.74) is 5.25.